The molecular weight excluding hydrogens is 204 g/mol. The molecule has 1 fully saturated rings. The van der Waals surface area contributed by atoms with Gasteiger partial charge in [-0.1, -0.05) is 6.42 Å². The SMILES string of the molecule is COC(=O)CCCN1C(C)CCCC1CN. The first kappa shape index (κ1) is 13.5. The summed E-state index contributed by atoms with van der Waals surface area (Å²) in [4.78, 5) is 13.5. The van der Waals surface area contributed by atoms with Crippen LogP contribution in [0.5, 0.6) is 0 Å². The number of esters is 1. The summed E-state index contributed by atoms with van der Waals surface area (Å²) in [5, 5.41) is 0. The van der Waals surface area contributed by atoms with Gasteiger partial charge in [-0.3, -0.25) is 9.69 Å². The summed E-state index contributed by atoms with van der Waals surface area (Å²) < 4.78 is 4.64. The second kappa shape index (κ2) is 6.86. The van der Waals surface area contributed by atoms with Crippen molar-refractivity contribution >= 4 is 5.97 Å². The first-order chi connectivity index (χ1) is 7.69. The monoisotopic (exact) mass is 228 g/mol. The lowest BCUT2D eigenvalue weighted by molar-refractivity contribution is -0.140. The molecule has 0 amide bonds. The molecule has 0 aromatic heterocycles. The molecule has 0 radical (unpaired) electrons. The Bertz CT molecular complexity index is 221. The predicted molar refractivity (Wildman–Crippen MR) is 64.1 cm³/mol. The molecule has 0 saturated carbocycles. The molecule has 1 aliphatic rings. The van der Waals surface area contributed by atoms with Crippen LogP contribution in [0.4, 0.5) is 0 Å². The van der Waals surface area contributed by atoms with Gasteiger partial charge in [-0.25, -0.2) is 0 Å². The second-order valence-electron chi connectivity index (χ2n) is 4.59. The molecule has 2 N–H and O–H groups in total. The summed E-state index contributed by atoms with van der Waals surface area (Å²) in [5.41, 5.74) is 5.78. The third-order valence-corrected chi connectivity index (χ3v) is 3.49. The van der Waals surface area contributed by atoms with E-state index >= 15 is 0 Å². The minimum Gasteiger partial charge on any atom is -0.469 e. The number of hydrogen-bond acceptors (Lipinski definition) is 4. The Morgan fingerprint density at radius 2 is 2.25 bits per heavy atom. The molecule has 2 unspecified atom stereocenters. The highest BCUT2D eigenvalue weighted by Crippen LogP contribution is 2.22. The van der Waals surface area contributed by atoms with Crippen molar-refractivity contribution < 1.29 is 9.53 Å². The van der Waals surface area contributed by atoms with Crippen molar-refractivity contribution in [3.63, 3.8) is 0 Å². The molecule has 1 heterocycles. The molecule has 1 rings (SSSR count). The molecule has 0 spiro atoms. The van der Waals surface area contributed by atoms with Crippen LogP contribution < -0.4 is 5.73 Å². The van der Waals surface area contributed by atoms with E-state index in [0.717, 1.165) is 19.5 Å². The fourth-order valence-electron chi connectivity index (χ4n) is 2.50. The normalized spacial score (nSPS) is 26.7. The van der Waals surface area contributed by atoms with Gasteiger partial charge in [0, 0.05) is 25.0 Å². The van der Waals surface area contributed by atoms with Gasteiger partial charge < -0.3 is 10.5 Å². The summed E-state index contributed by atoms with van der Waals surface area (Å²) >= 11 is 0. The minimum absolute atomic E-state index is 0.117. The van der Waals surface area contributed by atoms with Crippen LogP contribution in [-0.2, 0) is 9.53 Å². The number of piperidine rings is 1. The molecule has 1 saturated heterocycles. The third-order valence-electron chi connectivity index (χ3n) is 3.49. The molecule has 0 aliphatic carbocycles. The largest absolute Gasteiger partial charge is 0.469 e. The van der Waals surface area contributed by atoms with E-state index < -0.39 is 0 Å². The van der Waals surface area contributed by atoms with Crippen LogP contribution in [-0.4, -0.2) is 43.2 Å². The number of likely N-dealkylation sites (tertiary alicyclic amines) is 1. The van der Waals surface area contributed by atoms with E-state index in [4.69, 9.17) is 5.73 Å². The standard InChI is InChI=1S/C12H24N2O2/c1-10-5-3-6-11(9-13)14(10)8-4-7-12(15)16-2/h10-11H,3-9,13H2,1-2H3. The van der Waals surface area contributed by atoms with Crippen LogP contribution in [0, 0.1) is 0 Å². The number of carbonyl (C=O) groups is 1. The number of nitrogens with zero attached hydrogens (tertiary/aromatic N) is 1. The summed E-state index contributed by atoms with van der Waals surface area (Å²) in [7, 11) is 1.44. The summed E-state index contributed by atoms with van der Waals surface area (Å²) in [6.07, 6.45) is 5.09. The Morgan fingerprint density at radius 1 is 1.50 bits per heavy atom. The van der Waals surface area contributed by atoms with Crippen molar-refractivity contribution in [3.8, 4) is 0 Å². The van der Waals surface area contributed by atoms with Crippen molar-refractivity contribution in [2.45, 2.75) is 51.1 Å². The van der Waals surface area contributed by atoms with Crippen LogP contribution in [0.2, 0.25) is 0 Å². The zero-order valence-electron chi connectivity index (χ0n) is 10.4. The van der Waals surface area contributed by atoms with Crippen molar-refractivity contribution in [2.24, 2.45) is 5.73 Å². The van der Waals surface area contributed by atoms with Gasteiger partial charge in [-0.05, 0) is 32.7 Å². The first-order valence-electron chi connectivity index (χ1n) is 6.21. The van der Waals surface area contributed by atoms with Crippen molar-refractivity contribution in [2.75, 3.05) is 20.2 Å². The summed E-state index contributed by atoms with van der Waals surface area (Å²) in [6.45, 7) is 3.93. The molecule has 1 aliphatic heterocycles. The molecule has 4 nitrogen and oxygen atoms in total. The maximum atomic E-state index is 11.0. The Labute approximate surface area is 98.1 Å². The quantitative estimate of drug-likeness (QED) is 0.717. The molecule has 4 heteroatoms. The topological polar surface area (TPSA) is 55.6 Å². The molecule has 2 atom stereocenters. The van der Waals surface area contributed by atoms with Gasteiger partial charge in [0.05, 0.1) is 7.11 Å². The van der Waals surface area contributed by atoms with Crippen LogP contribution in [0.25, 0.3) is 0 Å². The van der Waals surface area contributed by atoms with Gasteiger partial charge in [0.2, 0.25) is 0 Å². The predicted octanol–water partition coefficient (Wildman–Crippen LogP) is 1.14. The highest BCUT2D eigenvalue weighted by atomic mass is 16.5. The number of rotatable bonds is 5. The molecule has 0 bridgehead atoms. The average Bonchev–Trinajstić information content (AvgIpc) is 2.30. The highest BCUT2D eigenvalue weighted by molar-refractivity contribution is 5.69. The van der Waals surface area contributed by atoms with Crippen molar-refractivity contribution in [3.05, 3.63) is 0 Å². The molecular formula is C12H24N2O2. The smallest absolute Gasteiger partial charge is 0.305 e. The number of methoxy groups -OCH3 is 1. The van der Waals surface area contributed by atoms with Crippen LogP contribution in [0.1, 0.15) is 39.0 Å². The lowest BCUT2D eigenvalue weighted by Gasteiger charge is -2.40. The Hall–Kier alpha value is -0.610. The fourth-order valence-corrected chi connectivity index (χ4v) is 2.50. The van der Waals surface area contributed by atoms with Gasteiger partial charge in [0.15, 0.2) is 0 Å². The van der Waals surface area contributed by atoms with Crippen molar-refractivity contribution in [1.82, 2.24) is 4.90 Å². The van der Waals surface area contributed by atoms with Crippen LogP contribution >= 0.6 is 0 Å². The second-order valence-corrected chi connectivity index (χ2v) is 4.59. The van der Waals surface area contributed by atoms with E-state index in [1.807, 2.05) is 0 Å². The van der Waals surface area contributed by atoms with E-state index in [1.54, 1.807) is 0 Å². The van der Waals surface area contributed by atoms with Gasteiger partial charge in [0.25, 0.3) is 0 Å². The van der Waals surface area contributed by atoms with Crippen molar-refractivity contribution in [1.29, 1.82) is 0 Å². The van der Waals surface area contributed by atoms with E-state index in [9.17, 15) is 4.79 Å². The lowest BCUT2D eigenvalue weighted by atomic mass is 9.96. The summed E-state index contributed by atoms with van der Waals surface area (Å²) in [5.74, 6) is -0.117. The van der Waals surface area contributed by atoms with Gasteiger partial charge in [0.1, 0.15) is 0 Å². The molecule has 0 aromatic rings. The van der Waals surface area contributed by atoms with E-state index in [0.29, 0.717) is 18.5 Å². The Morgan fingerprint density at radius 3 is 2.88 bits per heavy atom. The fraction of sp³-hybridized carbons (Fsp3) is 0.917. The number of ether oxygens (including phenoxy) is 1. The Kier molecular flexibility index (Phi) is 5.77. The lowest BCUT2D eigenvalue weighted by Crippen LogP contribution is -2.49. The minimum atomic E-state index is -0.117. The maximum Gasteiger partial charge on any atom is 0.305 e. The van der Waals surface area contributed by atoms with E-state index in [1.165, 1.54) is 26.4 Å². The highest BCUT2D eigenvalue weighted by Gasteiger charge is 2.26. The number of nitrogens with two attached hydrogens (primary N) is 1. The van der Waals surface area contributed by atoms with E-state index in [2.05, 4.69) is 16.6 Å². The summed E-state index contributed by atoms with van der Waals surface area (Å²) in [6, 6.07) is 1.10. The van der Waals surface area contributed by atoms with E-state index in [-0.39, 0.29) is 5.97 Å². The van der Waals surface area contributed by atoms with Crippen LogP contribution in [0.3, 0.4) is 0 Å². The number of hydrogen-bond donors (Lipinski definition) is 1. The number of carbonyl (C=O) groups excluding carboxylic acids is 1. The third kappa shape index (κ3) is 3.76. The zero-order valence-corrected chi connectivity index (χ0v) is 10.4. The maximum absolute atomic E-state index is 11.0. The van der Waals surface area contributed by atoms with Gasteiger partial charge in [-0.15, -0.1) is 0 Å². The molecule has 94 valence electrons. The average molecular weight is 228 g/mol. The molecule has 16 heavy (non-hydrogen) atoms. The first-order valence-corrected chi connectivity index (χ1v) is 6.21. The zero-order chi connectivity index (χ0) is 12.0. The van der Waals surface area contributed by atoms with Gasteiger partial charge >= 0.3 is 5.97 Å². The van der Waals surface area contributed by atoms with Gasteiger partial charge in [-0.2, -0.15) is 0 Å². The Balaban J connectivity index is 2.33. The van der Waals surface area contributed by atoms with Crippen LogP contribution in [0.15, 0.2) is 0 Å². The molecule has 0 aromatic carbocycles.